The Bertz CT molecular complexity index is 660. The molecule has 0 heterocycles. The number of hydrogen-bond acceptors (Lipinski definition) is 4. The number of nitrogens with zero attached hydrogens (tertiary/aromatic N) is 1. The van der Waals surface area contributed by atoms with Crippen LogP contribution in [0.4, 0.5) is 5.69 Å². The molecule has 0 atom stereocenters. The fourth-order valence-electron chi connectivity index (χ4n) is 1.86. The van der Waals surface area contributed by atoms with Gasteiger partial charge in [0.05, 0.1) is 24.4 Å². The third kappa shape index (κ3) is 3.01. The lowest BCUT2D eigenvalue weighted by Crippen LogP contribution is -1.99. The molecule has 0 saturated carbocycles. The van der Waals surface area contributed by atoms with Crippen LogP contribution in [0.1, 0.15) is 16.7 Å². The molecule has 4 heteroatoms. The van der Waals surface area contributed by atoms with E-state index in [0.717, 1.165) is 11.1 Å². The van der Waals surface area contributed by atoms with E-state index in [-0.39, 0.29) is 0 Å². The lowest BCUT2D eigenvalue weighted by atomic mass is 10.1. The van der Waals surface area contributed by atoms with Crippen molar-refractivity contribution in [3.05, 3.63) is 53.1 Å². The van der Waals surface area contributed by atoms with E-state index in [1.54, 1.807) is 19.2 Å². The Morgan fingerprint density at radius 3 is 2.60 bits per heavy atom. The van der Waals surface area contributed by atoms with E-state index in [9.17, 15) is 0 Å². The highest BCUT2D eigenvalue weighted by Gasteiger charge is 2.04. The molecule has 2 N–H and O–H groups in total. The Kier molecular flexibility index (Phi) is 4.11. The molecule has 0 aliphatic heterocycles. The van der Waals surface area contributed by atoms with Crippen LogP contribution in [0.5, 0.6) is 11.5 Å². The van der Waals surface area contributed by atoms with Crippen LogP contribution in [0.15, 0.2) is 36.4 Å². The quantitative estimate of drug-likeness (QED) is 0.865. The van der Waals surface area contributed by atoms with Crippen LogP contribution in [0.3, 0.4) is 0 Å². The van der Waals surface area contributed by atoms with Gasteiger partial charge in [0.15, 0.2) is 0 Å². The minimum Gasteiger partial charge on any atom is -0.495 e. The largest absolute Gasteiger partial charge is 0.495 e. The van der Waals surface area contributed by atoms with Crippen molar-refractivity contribution in [3.63, 3.8) is 0 Å². The molecule has 0 amide bonds. The summed E-state index contributed by atoms with van der Waals surface area (Å²) in [7, 11) is 1.58. The molecule has 0 aliphatic carbocycles. The fraction of sp³-hybridized carbons (Fsp3) is 0.188. The molecule has 2 rings (SSSR count). The van der Waals surface area contributed by atoms with Crippen molar-refractivity contribution < 1.29 is 9.47 Å². The van der Waals surface area contributed by atoms with E-state index in [1.807, 2.05) is 31.2 Å². The van der Waals surface area contributed by atoms with E-state index in [0.29, 0.717) is 29.4 Å². The summed E-state index contributed by atoms with van der Waals surface area (Å²) in [6, 6.07) is 13.0. The van der Waals surface area contributed by atoms with E-state index in [1.165, 1.54) is 0 Å². The van der Waals surface area contributed by atoms with Crippen LogP contribution < -0.4 is 15.2 Å². The lowest BCUT2D eigenvalue weighted by molar-refractivity contribution is 0.304. The summed E-state index contributed by atoms with van der Waals surface area (Å²) in [5.41, 5.74) is 8.96. The maximum atomic E-state index is 8.90. The average Bonchev–Trinajstić information content (AvgIpc) is 2.46. The van der Waals surface area contributed by atoms with Crippen molar-refractivity contribution in [1.29, 1.82) is 5.26 Å². The number of anilines is 1. The summed E-state index contributed by atoms with van der Waals surface area (Å²) in [6.45, 7) is 2.34. The Morgan fingerprint density at radius 2 is 1.95 bits per heavy atom. The minimum atomic E-state index is 0.393. The van der Waals surface area contributed by atoms with Gasteiger partial charge in [-0.1, -0.05) is 12.1 Å². The van der Waals surface area contributed by atoms with Gasteiger partial charge in [-0.2, -0.15) is 5.26 Å². The maximum Gasteiger partial charge on any atom is 0.141 e. The van der Waals surface area contributed by atoms with Crippen LogP contribution in [0.25, 0.3) is 0 Å². The van der Waals surface area contributed by atoms with Crippen molar-refractivity contribution in [1.82, 2.24) is 0 Å². The first kappa shape index (κ1) is 13.8. The first-order valence-electron chi connectivity index (χ1n) is 6.20. The molecule has 0 radical (unpaired) electrons. The first-order valence-corrected chi connectivity index (χ1v) is 6.20. The fourth-order valence-corrected chi connectivity index (χ4v) is 1.86. The maximum absolute atomic E-state index is 8.90. The molecule has 0 aliphatic rings. The molecular weight excluding hydrogens is 252 g/mol. The number of hydrogen-bond donors (Lipinski definition) is 1. The van der Waals surface area contributed by atoms with Crippen LogP contribution in [-0.4, -0.2) is 7.11 Å². The van der Waals surface area contributed by atoms with Gasteiger partial charge in [0.1, 0.15) is 18.1 Å². The van der Waals surface area contributed by atoms with Gasteiger partial charge in [0, 0.05) is 0 Å². The summed E-state index contributed by atoms with van der Waals surface area (Å²) >= 11 is 0. The second-order valence-electron chi connectivity index (χ2n) is 4.46. The van der Waals surface area contributed by atoms with Gasteiger partial charge in [-0.15, -0.1) is 0 Å². The molecular formula is C16H16N2O2. The Balaban J connectivity index is 2.13. The van der Waals surface area contributed by atoms with Crippen LogP contribution in [-0.2, 0) is 6.61 Å². The van der Waals surface area contributed by atoms with Gasteiger partial charge in [-0.3, -0.25) is 0 Å². The second kappa shape index (κ2) is 5.98. The molecule has 20 heavy (non-hydrogen) atoms. The molecule has 0 aromatic heterocycles. The van der Waals surface area contributed by atoms with E-state index < -0.39 is 0 Å². The number of aryl methyl sites for hydroxylation is 1. The summed E-state index contributed by atoms with van der Waals surface area (Å²) in [6.07, 6.45) is 0. The van der Waals surface area contributed by atoms with Crippen molar-refractivity contribution in [2.75, 3.05) is 12.8 Å². The summed E-state index contributed by atoms with van der Waals surface area (Å²) in [4.78, 5) is 0. The number of methoxy groups -OCH3 is 1. The van der Waals surface area contributed by atoms with Crippen LogP contribution >= 0.6 is 0 Å². The van der Waals surface area contributed by atoms with Gasteiger partial charge in [0.25, 0.3) is 0 Å². The normalized spacial score (nSPS) is 9.85. The highest BCUT2D eigenvalue weighted by Crippen LogP contribution is 2.24. The zero-order valence-corrected chi connectivity index (χ0v) is 11.5. The predicted molar refractivity (Wildman–Crippen MR) is 77.6 cm³/mol. The van der Waals surface area contributed by atoms with E-state index >= 15 is 0 Å². The topological polar surface area (TPSA) is 68.3 Å². The van der Waals surface area contributed by atoms with Crippen molar-refractivity contribution in [3.8, 4) is 17.6 Å². The van der Waals surface area contributed by atoms with Crippen LogP contribution in [0.2, 0.25) is 0 Å². The molecule has 0 saturated heterocycles. The first-order chi connectivity index (χ1) is 9.63. The molecule has 0 spiro atoms. The lowest BCUT2D eigenvalue weighted by Gasteiger charge is -2.11. The SMILES string of the molecule is COc1ccc(COc2cc(C#N)ccc2C)cc1N. The third-order valence-electron chi connectivity index (χ3n) is 3.01. The number of nitriles is 1. The van der Waals surface area contributed by atoms with Gasteiger partial charge in [-0.05, 0) is 42.3 Å². The van der Waals surface area contributed by atoms with E-state index in [4.69, 9.17) is 20.5 Å². The molecule has 2 aromatic rings. The minimum absolute atomic E-state index is 0.393. The molecule has 102 valence electrons. The molecule has 0 unspecified atom stereocenters. The molecule has 2 aromatic carbocycles. The second-order valence-corrected chi connectivity index (χ2v) is 4.46. The van der Waals surface area contributed by atoms with Gasteiger partial charge >= 0.3 is 0 Å². The number of ether oxygens (including phenoxy) is 2. The Labute approximate surface area is 118 Å². The summed E-state index contributed by atoms with van der Waals surface area (Å²) in [5.74, 6) is 1.36. The summed E-state index contributed by atoms with van der Waals surface area (Å²) < 4.78 is 10.9. The van der Waals surface area contributed by atoms with Gasteiger partial charge < -0.3 is 15.2 Å². The Hall–Kier alpha value is -2.67. The average molecular weight is 268 g/mol. The monoisotopic (exact) mass is 268 g/mol. The number of nitrogens with two attached hydrogens (primary N) is 1. The van der Waals surface area contributed by atoms with Gasteiger partial charge in [0.2, 0.25) is 0 Å². The summed E-state index contributed by atoms with van der Waals surface area (Å²) in [5, 5.41) is 8.90. The van der Waals surface area contributed by atoms with Crippen molar-refractivity contribution >= 4 is 5.69 Å². The Morgan fingerprint density at radius 1 is 1.15 bits per heavy atom. The highest BCUT2D eigenvalue weighted by atomic mass is 16.5. The zero-order valence-electron chi connectivity index (χ0n) is 11.5. The number of rotatable bonds is 4. The highest BCUT2D eigenvalue weighted by molar-refractivity contribution is 5.54. The number of benzene rings is 2. The zero-order chi connectivity index (χ0) is 14.5. The molecule has 4 nitrogen and oxygen atoms in total. The van der Waals surface area contributed by atoms with Crippen molar-refractivity contribution in [2.24, 2.45) is 0 Å². The number of nitrogen functional groups attached to an aromatic ring is 1. The predicted octanol–water partition coefficient (Wildman–Crippen LogP) is 3.04. The third-order valence-corrected chi connectivity index (χ3v) is 3.01. The van der Waals surface area contributed by atoms with E-state index in [2.05, 4.69) is 6.07 Å². The standard InChI is InChI=1S/C16H16N2O2/c1-11-3-4-12(9-17)8-16(11)20-10-13-5-6-15(19-2)14(18)7-13/h3-8H,10,18H2,1-2H3. The molecule has 0 bridgehead atoms. The van der Waals surface area contributed by atoms with Crippen molar-refractivity contribution in [2.45, 2.75) is 13.5 Å². The van der Waals surface area contributed by atoms with Crippen LogP contribution in [0, 0.1) is 18.3 Å². The smallest absolute Gasteiger partial charge is 0.141 e. The molecule has 0 fully saturated rings. The van der Waals surface area contributed by atoms with Gasteiger partial charge in [-0.25, -0.2) is 0 Å².